The van der Waals surface area contributed by atoms with E-state index in [9.17, 15) is 0 Å². The van der Waals surface area contributed by atoms with Crippen LogP contribution in [0.25, 0.3) is 0 Å². The van der Waals surface area contributed by atoms with Gasteiger partial charge in [-0.05, 0) is 25.1 Å². The number of rotatable bonds is 6. The van der Waals surface area contributed by atoms with Crippen molar-refractivity contribution in [3.8, 4) is 0 Å². The van der Waals surface area contributed by atoms with Crippen molar-refractivity contribution in [1.82, 2.24) is 19.9 Å². The van der Waals surface area contributed by atoms with Crippen LogP contribution in [0.4, 0.5) is 11.9 Å². The summed E-state index contributed by atoms with van der Waals surface area (Å²) in [6.45, 7) is 4.93. The first-order valence-electron chi connectivity index (χ1n) is 6.35. The molecule has 1 N–H and O–H groups in total. The highest BCUT2D eigenvalue weighted by atomic mass is 32.2. The van der Waals surface area contributed by atoms with Crippen LogP contribution in [-0.4, -0.2) is 40.6 Å². The summed E-state index contributed by atoms with van der Waals surface area (Å²) in [4.78, 5) is 19.5. The fourth-order valence-electron chi connectivity index (χ4n) is 1.36. The van der Waals surface area contributed by atoms with Gasteiger partial charge in [0, 0.05) is 31.7 Å². The highest BCUT2D eigenvalue weighted by Crippen LogP contribution is 2.28. The Morgan fingerprint density at radius 3 is 2.65 bits per heavy atom. The standard InChI is InChI=1S/C12H18N6S2/c1-5-6-13-9-15-10(18(3)4)17-11(16-9)20-12-14-8(2)7-19-12/h7H,5-6H2,1-4H3,(H,13,15,16,17). The average Bonchev–Trinajstić information content (AvgIpc) is 2.81. The van der Waals surface area contributed by atoms with E-state index >= 15 is 0 Å². The predicted octanol–water partition coefficient (Wildman–Crippen LogP) is 2.68. The number of aryl methyl sites for hydroxylation is 1. The Hall–Kier alpha value is -1.41. The van der Waals surface area contributed by atoms with Crippen molar-refractivity contribution in [1.29, 1.82) is 0 Å². The van der Waals surface area contributed by atoms with Gasteiger partial charge in [-0.15, -0.1) is 11.3 Å². The third-order valence-corrected chi connectivity index (χ3v) is 4.23. The molecule has 0 amide bonds. The van der Waals surface area contributed by atoms with E-state index in [1.807, 2.05) is 31.3 Å². The first-order chi connectivity index (χ1) is 9.58. The first-order valence-corrected chi connectivity index (χ1v) is 8.05. The molecule has 2 heterocycles. The quantitative estimate of drug-likeness (QED) is 0.879. The van der Waals surface area contributed by atoms with Crippen molar-refractivity contribution in [2.45, 2.75) is 29.8 Å². The molecule has 2 rings (SSSR count). The van der Waals surface area contributed by atoms with Crippen molar-refractivity contribution in [3.63, 3.8) is 0 Å². The normalized spacial score (nSPS) is 10.6. The molecule has 6 nitrogen and oxygen atoms in total. The fourth-order valence-corrected chi connectivity index (χ4v) is 3.05. The number of nitrogens with one attached hydrogen (secondary N) is 1. The van der Waals surface area contributed by atoms with E-state index in [-0.39, 0.29) is 0 Å². The third-order valence-electron chi connectivity index (χ3n) is 2.31. The maximum absolute atomic E-state index is 4.44. The van der Waals surface area contributed by atoms with E-state index in [2.05, 4.69) is 32.2 Å². The molecule has 0 aliphatic rings. The minimum Gasteiger partial charge on any atom is -0.354 e. The van der Waals surface area contributed by atoms with Crippen LogP contribution in [0, 0.1) is 6.92 Å². The Kier molecular flexibility index (Phi) is 5.13. The lowest BCUT2D eigenvalue weighted by Gasteiger charge is -2.12. The zero-order chi connectivity index (χ0) is 14.5. The molecule has 0 radical (unpaired) electrons. The van der Waals surface area contributed by atoms with Crippen LogP contribution in [0.2, 0.25) is 0 Å². The van der Waals surface area contributed by atoms with Gasteiger partial charge in [0.15, 0.2) is 4.34 Å². The Morgan fingerprint density at radius 1 is 1.25 bits per heavy atom. The van der Waals surface area contributed by atoms with Gasteiger partial charge in [-0.3, -0.25) is 0 Å². The molecule has 0 atom stereocenters. The van der Waals surface area contributed by atoms with Crippen molar-refractivity contribution < 1.29 is 0 Å². The zero-order valence-electron chi connectivity index (χ0n) is 12.0. The molecule has 0 spiro atoms. The second-order valence-electron chi connectivity index (χ2n) is 4.42. The maximum Gasteiger partial charge on any atom is 0.230 e. The van der Waals surface area contributed by atoms with Gasteiger partial charge in [-0.2, -0.15) is 15.0 Å². The molecule has 0 aliphatic carbocycles. The second-order valence-corrected chi connectivity index (χ2v) is 6.49. The maximum atomic E-state index is 4.44. The van der Waals surface area contributed by atoms with Crippen LogP contribution in [0.1, 0.15) is 19.0 Å². The number of hydrogen-bond acceptors (Lipinski definition) is 8. The summed E-state index contributed by atoms with van der Waals surface area (Å²) in [6.07, 6.45) is 1.02. The number of aromatic nitrogens is 4. The molecular weight excluding hydrogens is 292 g/mol. The van der Waals surface area contributed by atoms with E-state index in [1.54, 1.807) is 11.3 Å². The van der Waals surface area contributed by atoms with Gasteiger partial charge in [0.25, 0.3) is 0 Å². The fraction of sp³-hybridized carbons (Fsp3) is 0.500. The van der Waals surface area contributed by atoms with Gasteiger partial charge in [0.1, 0.15) is 0 Å². The molecule has 0 unspecified atom stereocenters. The Labute approximate surface area is 127 Å². The molecule has 108 valence electrons. The summed E-state index contributed by atoms with van der Waals surface area (Å²) >= 11 is 3.07. The lowest BCUT2D eigenvalue weighted by atomic mass is 10.5. The predicted molar refractivity (Wildman–Crippen MR) is 83.9 cm³/mol. The molecular formula is C12H18N6S2. The van der Waals surface area contributed by atoms with E-state index in [4.69, 9.17) is 0 Å². The second kappa shape index (κ2) is 6.85. The number of hydrogen-bond donors (Lipinski definition) is 1. The van der Waals surface area contributed by atoms with E-state index in [0.29, 0.717) is 17.1 Å². The van der Waals surface area contributed by atoms with Gasteiger partial charge in [0.05, 0.1) is 0 Å². The highest BCUT2D eigenvalue weighted by Gasteiger charge is 2.11. The van der Waals surface area contributed by atoms with Crippen molar-refractivity contribution in [3.05, 3.63) is 11.1 Å². The van der Waals surface area contributed by atoms with Crippen molar-refractivity contribution in [2.24, 2.45) is 0 Å². The molecule has 0 bridgehead atoms. The molecule has 0 saturated carbocycles. The van der Waals surface area contributed by atoms with Crippen LogP contribution in [-0.2, 0) is 0 Å². The average molecular weight is 310 g/mol. The molecule has 0 fully saturated rings. The van der Waals surface area contributed by atoms with Crippen molar-refractivity contribution >= 4 is 35.0 Å². The van der Waals surface area contributed by atoms with Crippen molar-refractivity contribution in [2.75, 3.05) is 30.9 Å². The Morgan fingerprint density at radius 2 is 2.05 bits per heavy atom. The molecule has 2 aromatic heterocycles. The molecule has 0 aromatic carbocycles. The van der Waals surface area contributed by atoms with Gasteiger partial charge < -0.3 is 10.2 Å². The Balaban J connectivity index is 2.23. The van der Waals surface area contributed by atoms with Crippen LogP contribution in [0.3, 0.4) is 0 Å². The molecule has 20 heavy (non-hydrogen) atoms. The summed E-state index contributed by atoms with van der Waals surface area (Å²) in [6, 6.07) is 0. The molecule has 0 saturated heterocycles. The first kappa shape index (κ1) is 15.0. The summed E-state index contributed by atoms with van der Waals surface area (Å²) in [5.74, 6) is 1.26. The van der Waals surface area contributed by atoms with Gasteiger partial charge in [-0.25, -0.2) is 4.98 Å². The molecule has 2 aromatic rings. The van der Waals surface area contributed by atoms with E-state index in [1.165, 1.54) is 11.8 Å². The number of nitrogens with zero attached hydrogens (tertiary/aromatic N) is 5. The Bertz CT molecular complexity index is 569. The lowest BCUT2D eigenvalue weighted by Crippen LogP contribution is -2.16. The highest BCUT2D eigenvalue weighted by molar-refractivity contribution is 8.00. The SMILES string of the molecule is CCCNc1nc(Sc2nc(C)cs2)nc(N(C)C)n1. The van der Waals surface area contributed by atoms with Gasteiger partial charge in [-0.1, -0.05) is 6.92 Å². The van der Waals surface area contributed by atoms with Crippen LogP contribution >= 0.6 is 23.1 Å². The minimum absolute atomic E-state index is 0.612. The van der Waals surface area contributed by atoms with E-state index in [0.717, 1.165) is 23.0 Å². The van der Waals surface area contributed by atoms with Crippen LogP contribution in [0.15, 0.2) is 14.9 Å². The number of anilines is 2. The monoisotopic (exact) mass is 310 g/mol. The van der Waals surface area contributed by atoms with Crippen LogP contribution in [0.5, 0.6) is 0 Å². The minimum atomic E-state index is 0.612. The smallest absolute Gasteiger partial charge is 0.230 e. The lowest BCUT2D eigenvalue weighted by molar-refractivity contribution is 0.851. The summed E-state index contributed by atoms with van der Waals surface area (Å²) in [5.41, 5.74) is 1.02. The van der Waals surface area contributed by atoms with E-state index < -0.39 is 0 Å². The summed E-state index contributed by atoms with van der Waals surface area (Å²) in [7, 11) is 3.84. The van der Waals surface area contributed by atoms with Gasteiger partial charge >= 0.3 is 0 Å². The van der Waals surface area contributed by atoms with Crippen LogP contribution < -0.4 is 10.2 Å². The topological polar surface area (TPSA) is 66.8 Å². The third kappa shape index (κ3) is 4.04. The molecule has 0 aliphatic heterocycles. The number of thiazole rings is 1. The summed E-state index contributed by atoms with van der Waals surface area (Å²) < 4.78 is 0.944. The molecule has 8 heteroatoms. The zero-order valence-corrected chi connectivity index (χ0v) is 13.7. The van der Waals surface area contributed by atoms with Gasteiger partial charge in [0.2, 0.25) is 17.1 Å². The summed E-state index contributed by atoms with van der Waals surface area (Å²) in [5, 5.41) is 5.89. The largest absolute Gasteiger partial charge is 0.354 e.